The van der Waals surface area contributed by atoms with Gasteiger partial charge in [0.15, 0.2) is 0 Å². The Balaban J connectivity index is 2.11. The zero-order valence-corrected chi connectivity index (χ0v) is 11.0. The molecule has 1 N–H and O–H groups in total. The average molecular weight is 271 g/mol. The Hall–Kier alpha value is -1.13. The summed E-state index contributed by atoms with van der Waals surface area (Å²) in [6.07, 6.45) is 0.0237. The molecule has 1 aliphatic heterocycles. The summed E-state index contributed by atoms with van der Waals surface area (Å²) < 4.78 is 13.6. The van der Waals surface area contributed by atoms with Crippen LogP contribution in [-0.4, -0.2) is 36.5 Å². The third-order valence-electron chi connectivity index (χ3n) is 3.21. The monoisotopic (exact) mass is 270 g/mol. The summed E-state index contributed by atoms with van der Waals surface area (Å²) in [5.41, 5.74) is 0.287. The van der Waals surface area contributed by atoms with Gasteiger partial charge in [0.1, 0.15) is 5.82 Å². The summed E-state index contributed by atoms with van der Waals surface area (Å²) in [5.74, 6) is -0.491. The van der Waals surface area contributed by atoms with E-state index < -0.39 is 5.82 Å². The molecule has 1 heterocycles. The second-order valence-electron chi connectivity index (χ2n) is 4.52. The topological polar surface area (TPSA) is 32.3 Å². The first kappa shape index (κ1) is 13.3. The first-order valence-electron chi connectivity index (χ1n) is 6.02. The van der Waals surface area contributed by atoms with Gasteiger partial charge >= 0.3 is 0 Å². The fourth-order valence-electron chi connectivity index (χ4n) is 2.17. The highest BCUT2D eigenvalue weighted by Gasteiger charge is 2.24. The number of amides is 1. The standard InChI is InChI=1S/C13H16ClFN2O/c1-9-8-16-5-6-17(9)13(18)7-10-11(14)3-2-4-12(10)15/h2-4,9,16H,5-8H2,1H3/t9-/m1/s1. The second kappa shape index (κ2) is 5.67. The molecule has 5 heteroatoms. The number of halogens is 2. The van der Waals surface area contributed by atoms with Gasteiger partial charge in [0.25, 0.3) is 0 Å². The SMILES string of the molecule is C[C@@H]1CNCCN1C(=O)Cc1c(F)cccc1Cl. The van der Waals surface area contributed by atoms with E-state index in [4.69, 9.17) is 11.6 Å². The minimum absolute atomic E-state index is 0.0237. The third-order valence-corrected chi connectivity index (χ3v) is 3.57. The van der Waals surface area contributed by atoms with Gasteiger partial charge in [0.05, 0.1) is 6.42 Å². The number of hydrogen-bond acceptors (Lipinski definition) is 2. The zero-order valence-electron chi connectivity index (χ0n) is 10.2. The van der Waals surface area contributed by atoms with E-state index in [-0.39, 0.29) is 23.9 Å². The molecular weight excluding hydrogens is 255 g/mol. The Morgan fingerprint density at radius 2 is 2.39 bits per heavy atom. The van der Waals surface area contributed by atoms with Gasteiger partial charge in [-0.1, -0.05) is 17.7 Å². The summed E-state index contributed by atoms with van der Waals surface area (Å²) in [7, 11) is 0. The van der Waals surface area contributed by atoms with Crippen LogP contribution in [0, 0.1) is 5.82 Å². The van der Waals surface area contributed by atoms with Gasteiger partial charge in [-0.15, -0.1) is 0 Å². The lowest BCUT2D eigenvalue weighted by atomic mass is 10.1. The number of nitrogens with one attached hydrogen (secondary N) is 1. The van der Waals surface area contributed by atoms with Crippen LogP contribution < -0.4 is 5.32 Å². The largest absolute Gasteiger partial charge is 0.337 e. The highest BCUT2D eigenvalue weighted by Crippen LogP contribution is 2.20. The van der Waals surface area contributed by atoms with Gasteiger partial charge < -0.3 is 10.2 Å². The molecule has 98 valence electrons. The second-order valence-corrected chi connectivity index (χ2v) is 4.92. The summed E-state index contributed by atoms with van der Waals surface area (Å²) >= 11 is 5.93. The lowest BCUT2D eigenvalue weighted by molar-refractivity contribution is -0.133. The van der Waals surface area contributed by atoms with Crippen LogP contribution in [-0.2, 0) is 11.2 Å². The molecule has 1 aromatic carbocycles. The van der Waals surface area contributed by atoms with Crippen LogP contribution in [0.15, 0.2) is 18.2 Å². The molecule has 0 unspecified atom stereocenters. The summed E-state index contributed by atoms with van der Waals surface area (Å²) in [4.78, 5) is 13.9. The number of benzene rings is 1. The number of rotatable bonds is 2. The number of carbonyl (C=O) groups is 1. The molecule has 2 rings (SSSR count). The van der Waals surface area contributed by atoms with E-state index in [1.807, 2.05) is 6.92 Å². The number of nitrogens with zero attached hydrogens (tertiary/aromatic N) is 1. The Kier molecular flexibility index (Phi) is 4.19. The van der Waals surface area contributed by atoms with Crippen molar-refractivity contribution in [3.63, 3.8) is 0 Å². The summed E-state index contributed by atoms with van der Waals surface area (Å²) in [6.45, 7) is 4.19. The molecule has 0 saturated carbocycles. The van der Waals surface area contributed by atoms with Crippen molar-refractivity contribution in [3.8, 4) is 0 Å². The minimum Gasteiger partial charge on any atom is -0.337 e. The van der Waals surface area contributed by atoms with E-state index in [2.05, 4.69) is 5.32 Å². The Morgan fingerprint density at radius 1 is 1.61 bits per heavy atom. The van der Waals surface area contributed by atoms with Gasteiger partial charge in [-0.2, -0.15) is 0 Å². The van der Waals surface area contributed by atoms with E-state index in [0.29, 0.717) is 11.6 Å². The molecule has 1 saturated heterocycles. The molecule has 1 atom stereocenters. The number of carbonyl (C=O) groups excluding carboxylic acids is 1. The van der Waals surface area contributed by atoms with E-state index >= 15 is 0 Å². The van der Waals surface area contributed by atoms with Crippen molar-refractivity contribution in [2.45, 2.75) is 19.4 Å². The van der Waals surface area contributed by atoms with E-state index in [0.717, 1.165) is 13.1 Å². The van der Waals surface area contributed by atoms with Crippen LogP contribution in [0.5, 0.6) is 0 Å². The maximum Gasteiger partial charge on any atom is 0.227 e. The van der Waals surface area contributed by atoms with Crippen LogP contribution in [0.25, 0.3) is 0 Å². The van der Waals surface area contributed by atoms with Crippen molar-refractivity contribution in [2.75, 3.05) is 19.6 Å². The molecule has 3 nitrogen and oxygen atoms in total. The molecular formula is C13H16ClFN2O. The van der Waals surface area contributed by atoms with Gasteiger partial charge in [-0.05, 0) is 19.1 Å². The van der Waals surface area contributed by atoms with E-state index in [1.54, 1.807) is 17.0 Å². The van der Waals surface area contributed by atoms with Gasteiger partial charge in [-0.3, -0.25) is 4.79 Å². The highest BCUT2D eigenvalue weighted by atomic mass is 35.5. The molecule has 1 amide bonds. The first-order chi connectivity index (χ1) is 8.59. The molecule has 0 radical (unpaired) electrons. The Bertz CT molecular complexity index is 432. The van der Waals surface area contributed by atoms with E-state index in [1.165, 1.54) is 6.07 Å². The van der Waals surface area contributed by atoms with Crippen molar-refractivity contribution in [3.05, 3.63) is 34.6 Å². The fraction of sp³-hybridized carbons (Fsp3) is 0.462. The maximum absolute atomic E-state index is 13.6. The van der Waals surface area contributed by atoms with Crippen LogP contribution in [0.2, 0.25) is 5.02 Å². The van der Waals surface area contributed by atoms with Crippen LogP contribution >= 0.6 is 11.6 Å². The number of hydrogen-bond donors (Lipinski definition) is 1. The average Bonchev–Trinajstić information content (AvgIpc) is 2.34. The molecule has 0 aromatic heterocycles. The Morgan fingerprint density at radius 3 is 3.06 bits per heavy atom. The summed E-state index contributed by atoms with van der Waals surface area (Å²) in [6, 6.07) is 4.61. The van der Waals surface area contributed by atoms with E-state index in [9.17, 15) is 9.18 Å². The fourth-order valence-corrected chi connectivity index (χ4v) is 2.40. The Labute approximate surface area is 111 Å². The smallest absolute Gasteiger partial charge is 0.227 e. The molecule has 0 bridgehead atoms. The predicted octanol–water partition coefficient (Wildman–Crippen LogP) is 1.84. The quantitative estimate of drug-likeness (QED) is 0.889. The first-order valence-corrected chi connectivity index (χ1v) is 6.40. The lowest BCUT2D eigenvalue weighted by Gasteiger charge is -2.34. The van der Waals surface area contributed by atoms with Crippen molar-refractivity contribution >= 4 is 17.5 Å². The zero-order chi connectivity index (χ0) is 13.1. The van der Waals surface area contributed by atoms with Crippen molar-refractivity contribution in [1.29, 1.82) is 0 Å². The highest BCUT2D eigenvalue weighted by molar-refractivity contribution is 6.31. The van der Waals surface area contributed by atoms with Crippen molar-refractivity contribution < 1.29 is 9.18 Å². The molecule has 18 heavy (non-hydrogen) atoms. The number of piperazine rings is 1. The van der Waals surface area contributed by atoms with Crippen LogP contribution in [0.4, 0.5) is 4.39 Å². The van der Waals surface area contributed by atoms with Crippen molar-refractivity contribution in [1.82, 2.24) is 10.2 Å². The van der Waals surface area contributed by atoms with Gasteiger partial charge in [0, 0.05) is 36.3 Å². The minimum atomic E-state index is -0.418. The van der Waals surface area contributed by atoms with Crippen LogP contribution in [0.1, 0.15) is 12.5 Å². The van der Waals surface area contributed by atoms with Crippen LogP contribution in [0.3, 0.4) is 0 Å². The lowest BCUT2D eigenvalue weighted by Crippen LogP contribution is -2.52. The molecule has 1 aliphatic rings. The molecule has 1 aromatic rings. The third kappa shape index (κ3) is 2.82. The predicted molar refractivity (Wildman–Crippen MR) is 69.2 cm³/mol. The van der Waals surface area contributed by atoms with Gasteiger partial charge in [0.2, 0.25) is 5.91 Å². The molecule has 0 spiro atoms. The summed E-state index contributed by atoms with van der Waals surface area (Å²) in [5, 5.41) is 3.52. The molecule has 0 aliphatic carbocycles. The maximum atomic E-state index is 13.6. The molecule has 1 fully saturated rings. The van der Waals surface area contributed by atoms with Crippen molar-refractivity contribution in [2.24, 2.45) is 0 Å². The van der Waals surface area contributed by atoms with Gasteiger partial charge in [-0.25, -0.2) is 4.39 Å². The normalized spacial score (nSPS) is 19.9.